The molecule has 0 radical (unpaired) electrons. The van der Waals surface area contributed by atoms with Crippen molar-refractivity contribution in [3.8, 4) is 17.5 Å². The van der Waals surface area contributed by atoms with Crippen LogP contribution in [0.4, 0.5) is 0 Å². The van der Waals surface area contributed by atoms with Gasteiger partial charge in [0.05, 0.1) is 41.1 Å². The number of imidazole rings is 1. The largest absolute Gasteiger partial charge is 0.390 e. The van der Waals surface area contributed by atoms with E-state index in [2.05, 4.69) is 59.4 Å². The summed E-state index contributed by atoms with van der Waals surface area (Å²) in [5.74, 6) is 0. The molecular weight excluding hydrogens is 434 g/mol. The minimum atomic E-state index is -0.715. The van der Waals surface area contributed by atoms with E-state index in [4.69, 9.17) is 10.2 Å². The molecular formula is C29H31N5O. The van der Waals surface area contributed by atoms with E-state index < -0.39 is 5.60 Å². The Morgan fingerprint density at radius 1 is 1.14 bits per heavy atom. The van der Waals surface area contributed by atoms with Crippen LogP contribution in [-0.2, 0) is 19.9 Å². The lowest BCUT2D eigenvalue weighted by molar-refractivity contribution is 0.0711. The summed E-state index contributed by atoms with van der Waals surface area (Å²) in [6.07, 6.45) is 12.2. The highest BCUT2D eigenvalue weighted by Crippen LogP contribution is 2.29. The van der Waals surface area contributed by atoms with Crippen LogP contribution in [0.2, 0.25) is 0 Å². The van der Waals surface area contributed by atoms with Gasteiger partial charge in [0.1, 0.15) is 0 Å². The first-order valence-corrected chi connectivity index (χ1v) is 11.9. The second-order valence-electron chi connectivity index (χ2n) is 9.67. The number of aromatic nitrogens is 4. The van der Waals surface area contributed by atoms with Crippen molar-refractivity contribution in [3.05, 3.63) is 77.0 Å². The molecule has 4 aromatic rings. The van der Waals surface area contributed by atoms with E-state index in [1.165, 1.54) is 5.56 Å². The topological polar surface area (TPSA) is 87.6 Å². The summed E-state index contributed by atoms with van der Waals surface area (Å²) in [6.45, 7) is 5.71. The van der Waals surface area contributed by atoms with Gasteiger partial charge >= 0.3 is 0 Å². The third kappa shape index (κ3) is 6.00. The van der Waals surface area contributed by atoms with Crippen molar-refractivity contribution in [2.45, 2.75) is 52.1 Å². The van der Waals surface area contributed by atoms with Crippen LogP contribution in [0, 0.1) is 18.3 Å². The number of nitrogens with zero attached hydrogens (tertiary/aromatic N) is 5. The first-order valence-electron chi connectivity index (χ1n) is 11.9. The molecule has 0 atom stereocenters. The van der Waals surface area contributed by atoms with Crippen LogP contribution in [0.5, 0.6) is 0 Å². The number of hydrogen-bond acceptors (Lipinski definition) is 5. The zero-order valence-electron chi connectivity index (χ0n) is 20.8. The quantitative estimate of drug-likeness (QED) is 0.362. The normalized spacial score (nSPS) is 11.9. The summed E-state index contributed by atoms with van der Waals surface area (Å²) in [6, 6.07) is 12.7. The molecule has 6 heteroatoms. The summed E-state index contributed by atoms with van der Waals surface area (Å²) in [5, 5.41) is 20.2. The molecule has 3 heterocycles. The van der Waals surface area contributed by atoms with Crippen LogP contribution < -0.4 is 0 Å². The van der Waals surface area contributed by atoms with Gasteiger partial charge in [0.25, 0.3) is 0 Å². The van der Waals surface area contributed by atoms with Crippen molar-refractivity contribution in [2.24, 2.45) is 7.05 Å². The van der Waals surface area contributed by atoms with E-state index in [1.54, 1.807) is 6.33 Å². The average Bonchev–Trinajstić information content (AvgIpc) is 3.25. The molecule has 3 aromatic heterocycles. The summed E-state index contributed by atoms with van der Waals surface area (Å²) in [5.41, 5.74) is 7.39. The minimum Gasteiger partial charge on any atom is -0.390 e. The molecule has 0 amide bonds. The molecule has 0 unspecified atom stereocenters. The Balaban J connectivity index is 1.76. The third-order valence-electron chi connectivity index (χ3n) is 6.17. The van der Waals surface area contributed by atoms with E-state index in [9.17, 15) is 5.11 Å². The maximum Gasteiger partial charge on any atom is 0.0948 e. The summed E-state index contributed by atoms with van der Waals surface area (Å²) < 4.78 is 1.97. The molecule has 0 spiro atoms. The fraction of sp³-hybridized carbons (Fsp3) is 0.310. The molecule has 0 saturated carbocycles. The second kappa shape index (κ2) is 10.2. The highest BCUT2D eigenvalue weighted by atomic mass is 16.3. The van der Waals surface area contributed by atoms with Gasteiger partial charge in [-0.15, -0.1) is 0 Å². The maximum atomic E-state index is 10.0. The Bertz CT molecular complexity index is 1420. The lowest BCUT2D eigenvalue weighted by Gasteiger charge is -2.16. The highest BCUT2D eigenvalue weighted by Gasteiger charge is 2.13. The molecule has 1 aromatic carbocycles. The van der Waals surface area contributed by atoms with E-state index >= 15 is 0 Å². The SMILES string of the molecule is Cc1cc2nc(-c3cncn3C)cc(/C=C/c3ccnc(CCC(C)(C)O)c3)c2cc1CCC#N. The minimum absolute atomic E-state index is 0.489. The van der Waals surface area contributed by atoms with Crippen molar-refractivity contribution in [2.75, 3.05) is 0 Å². The van der Waals surface area contributed by atoms with Crippen molar-refractivity contribution >= 4 is 23.1 Å². The molecule has 0 aliphatic carbocycles. The number of rotatable bonds is 8. The number of aryl methyl sites for hydroxylation is 4. The third-order valence-corrected chi connectivity index (χ3v) is 6.17. The fourth-order valence-corrected chi connectivity index (χ4v) is 4.14. The number of benzene rings is 1. The van der Waals surface area contributed by atoms with Crippen molar-refractivity contribution < 1.29 is 5.11 Å². The lowest BCUT2D eigenvalue weighted by atomic mass is 9.97. The zero-order chi connectivity index (χ0) is 25.0. The summed E-state index contributed by atoms with van der Waals surface area (Å²) in [4.78, 5) is 13.7. The molecule has 1 N–H and O–H groups in total. The molecule has 35 heavy (non-hydrogen) atoms. The van der Waals surface area contributed by atoms with Gasteiger partial charge in [-0.05, 0) is 92.6 Å². The Morgan fingerprint density at radius 3 is 2.69 bits per heavy atom. The molecule has 0 aliphatic rings. The number of fused-ring (bicyclic) bond motifs is 1. The van der Waals surface area contributed by atoms with Crippen LogP contribution in [0.1, 0.15) is 54.6 Å². The number of hydrogen-bond donors (Lipinski definition) is 1. The monoisotopic (exact) mass is 465 g/mol. The van der Waals surface area contributed by atoms with E-state index in [-0.39, 0.29) is 0 Å². The van der Waals surface area contributed by atoms with Crippen molar-refractivity contribution in [1.29, 1.82) is 5.26 Å². The van der Waals surface area contributed by atoms with Gasteiger partial charge in [0.2, 0.25) is 0 Å². The lowest BCUT2D eigenvalue weighted by Crippen LogP contribution is -2.19. The van der Waals surface area contributed by atoms with Gasteiger partial charge in [0.15, 0.2) is 0 Å². The molecule has 178 valence electrons. The smallest absolute Gasteiger partial charge is 0.0948 e. The Labute approximate surface area is 206 Å². The van der Waals surface area contributed by atoms with Crippen molar-refractivity contribution in [1.82, 2.24) is 19.5 Å². The van der Waals surface area contributed by atoms with Crippen LogP contribution in [0.25, 0.3) is 34.4 Å². The van der Waals surface area contributed by atoms with Gasteiger partial charge in [0, 0.05) is 30.7 Å². The molecule has 4 rings (SSSR count). The number of pyridine rings is 2. The predicted molar refractivity (Wildman–Crippen MR) is 140 cm³/mol. The average molecular weight is 466 g/mol. The zero-order valence-corrected chi connectivity index (χ0v) is 20.8. The van der Waals surface area contributed by atoms with Crippen molar-refractivity contribution in [3.63, 3.8) is 0 Å². The molecule has 0 saturated heterocycles. The molecule has 0 fully saturated rings. The van der Waals surface area contributed by atoms with Gasteiger partial charge in [-0.1, -0.05) is 12.2 Å². The Hall–Kier alpha value is -3.82. The summed E-state index contributed by atoms with van der Waals surface area (Å²) >= 11 is 0. The fourth-order valence-electron chi connectivity index (χ4n) is 4.14. The van der Waals surface area contributed by atoms with Crippen LogP contribution in [0.15, 0.2) is 49.1 Å². The van der Waals surface area contributed by atoms with Gasteiger partial charge in [-0.2, -0.15) is 5.26 Å². The first-order chi connectivity index (χ1) is 16.7. The van der Waals surface area contributed by atoms with Gasteiger partial charge < -0.3 is 9.67 Å². The van der Waals surface area contributed by atoms with Crippen LogP contribution in [-0.4, -0.2) is 30.2 Å². The number of nitriles is 1. The molecule has 0 aliphatic heterocycles. The highest BCUT2D eigenvalue weighted by molar-refractivity contribution is 5.93. The van der Waals surface area contributed by atoms with Crippen LogP contribution in [0.3, 0.4) is 0 Å². The predicted octanol–water partition coefficient (Wildman–Crippen LogP) is 5.67. The second-order valence-corrected chi connectivity index (χ2v) is 9.67. The van der Waals surface area contributed by atoms with Gasteiger partial charge in [-0.3, -0.25) is 4.98 Å². The maximum absolute atomic E-state index is 10.0. The molecule has 6 nitrogen and oxygen atoms in total. The van der Waals surface area contributed by atoms with E-state index in [0.29, 0.717) is 12.8 Å². The van der Waals surface area contributed by atoms with Gasteiger partial charge in [-0.25, -0.2) is 9.97 Å². The van der Waals surface area contributed by atoms with E-state index in [1.807, 2.05) is 43.9 Å². The first kappa shape index (κ1) is 24.3. The van der Waals surface area contributed by atoms with Crippen LogP contribution >= 0.6 is 0 Å². The Kier molecular flexibility index (Phi) is 7.09. The Morgan fingerprint density at radius 2 is 1.97 bits per heavy atom. The van der Waals surface area contributed by atoms with E-state index in [0.717, 1.165) is 57.5 Å². The standard InChI is InChI=1S/C29H31N5O/c1-20-14-26-25(16-22(20)6-5-12-30)23(17-27(33-26)28-18-31-19-34(28)4)8-7-21-10-13-32-24(15-21)9-11-29(2,3)35/h7-8,10,13-19,35H,5-6,9,11H2,1-4H3/b8-7+. The summed E-state index contributed by atoms with van der Waals surface area (Å²) in [7, 11) is 1.96. The number of aliphatic hydroxyl groups is 1. The molecule has 0 bridgehead atoms.